The van der Waals surface area contributed by atoms with Crippen LogP contribution in [0.4, 0.5) is 11.8 Å². The molecule has 96 valence electrons. The first-order valence-corrected chi connectivity index (χ1v) is 5.44. The van der Waals surface area contributed by atoms with E-state index in [1.807, 2.05) is 0 Å². The number of aromatic nitrogens is 2. The number of aryl methyl sites for hydroxylation is 1. The molecule has 18 heavy (non-hydrogen) atoms. The Morgan fingerprint density at radius 2 is 2.22 bits per heavy atom. The molecule has 2 heterocycles. The molecule has 2 amide bonds. The molecule has 0 aliphatic carbocycles. The lowest BCUT2D eigenvalue weighted by atomic mass is 10.2. The van der Waals surface area contributed by atoms with E-state index in [0.717, 1.165) is 0 Å². The van der Waals surface area contributed by atoms with Crippen molar-refractivity contribution in [3.63, 3.8) is 0 Å². The molecule has 0 bridgehead atoms. The zero-order valence-corrected chi connectivity index (χ0v) is 10.1. The van der Waals surface area contributed by atoms with Crippen LogP contribution in [0.1, 0.15) is 12.6 Å². The Morgan fingerprint density at radius 1 is 1.50 bits per heavy atom. The average molecular weight is 250 g/mol. The second-order valence-corrected chi connectivity index (χ2v) is 4.05. The summed E-state index contributed by atoms with van der Waals surface area (Å²) in [7, 11) is 0. The largest absolute Gasteiger partial charge is 0.335 e. The van der Waals surface area contributed by atoms with Crippen LogP contribution < -0.4 is 21.5 Å². The number of hydrogen-bond acceptors (Lipinski definition) is 7. The molecule has 1 atom stereocenters. The average Bonchev–Trinajstić information content (AvgIpc) is 2.32. The third-order valence-corrected chi connectivity index (χ3v) is 2.69. The van der Waals surface area contributed by atoms with Crippen molar-refractivity contribution in [1.82, 2.24) is 15.3 Å². The molecule has 0 radical (unpaired) electrons. The maximum atomic E-state index is 11.6. The minimum Gasteiger partial charge on any atom is -0.335 e. The predicted molar refractivity (Wildman–Crippen MR) is 64.5 cm³/mol. The number of rotatable bonds is 2. The molecule has 0 aromatic carbocycles. The van der Waals surface area contributed by atoms with Crippen LogP contribution in [-0.2, 0) is 9.59 Å². The van der Waals surface area contributed by atoms with Gasteiger partial charge in [0.15, 0.2) is 0 Å². The highest BCUT2D eigenvalue weighted by Crippen LogP contribution is 2.18. The number of hydrogen-bond donors (Lipinski definition) is 3. The molecule has 1 aromatic rings. The number of nitrogens with zero attached hydrogens (tertiary/aromatic N) is 3. The van der Waals surface area contributed by atoms with Crippen LogP contribution in [-0.4, -0.2) is 34.4 Å². The van der Waals surface area contributed by atoms with Gasteiger partial charge in [-0.2, -0.15) is 4.98 Å². The summed E-state index contributed by atoms with van der Waals surface area (Å²) >= 11 is 0. The molecule has 1 saturated heterocycles. The molecule has 1 aliphatic heterocycles. The van der Waals surface area contributed by atoms with Gasteiger partial charge in [-0.05, 0) is 13.8 Å². The quantitative estimate of drug-likeness (QED) is 0.347. The first-order valence-electron chi connectivity index (χ1n) is 5.44. The molecular weight excluding hydrogens is 236 g/mol. The van der Waals surface area contributed by atoms with Crippen molar-refractivity contribution in [2.24, 2.45) is 5.84 Å². The molecule has 2 rings (SSSR count). The first-order chi connectivity index (χ1) is 8.51. The highest BCUT2D eigenvalue weighted by atomic mass is 16.2. The molecule has 8 heteroatoms. The van der Waals surface area contributed by atoms with Crippen molar-refractivity contribution in [1.29, 1.82) is 0 Å². The number of amides is 2. The zero-order valence-electron chi connectivity index (χ0n) is 10.1. The summed E-state index contributed by atoms with van der Waals surface area (Å²) in [5.74, 6) is 5.31. The smallest absolute Gasteiger partial charge is 0.249 e. The van der Waals surface area contributed by atoms with Gasteiger partial charge < -0.3 is 4.90 Å². The number of piperazine rings is 1. The van der Waals surface area contributed by atoms with E-state index in [2.05, 4.69) is 20.7 Å². The van der Waals surface area contributed by atoms with Gasteiger partial charge >= 0.3 is 0 Å². The summed E-state index contributed by atoms with van der Waals surface area (Å²) in [5.41, 5.74) is 3.04. The van der Waals surface area contributed by atoms with Crippen molar-refractivity contribution in [3.05, 3.63) is 11.8 Å². The Labute approximate surface area is 104 Å². The SMILES string of the molecule is Cc1cc(N2CC(=O)NC(=O)C2C)nc(NN)n1. The molecule has 4 N–H and O–H groups in total. The summed E-state index contributed by atoms with van der Waals surface area (Å²) < 4.78 is 0. The van der Waals surface area contributed by atoms with E-state index in [0.29, 0.717) is 11.5 Å². The van der Waals surface area contributed by atoms with Crippen LogP contribution in [0.5, 0.6) is 0 Å². The molecule has 1 aromatic heterocycles. The fraction of sp³-hybridized carbons (Fsp3) is 0.400. The summed E-state index contributed by atoms with van der Waals surface area (Å²) in [4.78, 5) is 32.8. The summed E-state index contributed by atoms with van der Waals surface area (Å²) in [5, 5.41) is 2.27. The number of imide groups is 1. The fourth-order valence-corrected chi connectivity index (χ4v) is 1.76. The molecule has 0 spiro atoms. The Bertz CT molecular complexity index is 503. The highest BCUT2D eigenvalue weighted by molar-refractivity contribution is 6.04. The van der Waals surface area contributed by atoms with E-state index in [-0.39, 0.29) is 24.3 Å². The Hall–Kier alpha value is -2.22. The van der Waals surface area contributed by atoms with Crippen molar-refractivity contribution < 1.29 is 9.59 Å². The number of hydrazine groups is 1. The summed E-state index contributed by atoms with van der Waals surface area (Å²) in [6, 6.07) is 1.23. The van der Waals surface area contributed by atoms with Gasteiger partial charge in [0.25, 0.3) is 0 Å². The van der Waals surface area contributed by atoms with Crippen LogP contribution in [0.25, 0.3) is 0 Å². The lowest BCUT2D eigenvalue weighted by Gasteiger charge is -2.32. The van der Waals surface area contributed by atoms with E-state index in [4.69, 9.17) is 5.84 Å². The first kappa shape index (κ1) is 12.2. The summed E-state index contributed by atoms with van der Waals surface area (Å²) in [6.45, 7) is 3.56. The molecule has 1 aliphatic rings. The standard InChI is InChI=1S/C10H14N6O2/c1-5-3-7(13-10(12-5)15-11)16-4-8(17)14-9(18)6(16)2/h3,6H,4,11H2,1-2H3,(H,12,13,15)(H,14,17,18). The maximum Gasteiger partial charge on any atom is 0.249 e. The third kappa shape index (κ3) is 2.23. The van der Waals surface area contributed by atoms with E-state index in [1.165, 1.54) is 0 Å². The van der Waals surface area contributed by atoms with E-state index in [1.54, 1.807) is 24.8 Å². The number of nitrogen functional groups attached to an aromatic ring is 1. The number of nitrogens with two attached hydrogens (primary N) is 1. The predicted octanol–water partition coefficient (Wildman–Crippen LogP) is -1.08. The van der Waals surface area contributed by atoms with Gasteiger partial charge in [0.05, 0.1) is 6.54 Å². The van der Waals surface area contributed by atoms with Gasteiger partial charge in [-0.3, -0.25) is 20.3 Å². The third-order valence-electron chi connectivity index (χ3n) is 2.69. The van der Waals surface area contributed by atoms with Crippen LogP contribution in [0.2, 0.25) is 0 Å². The zero-order chi connectivity index (χ0) is 13.3. The Balaban J connectivity index is 2.37. The molecule has 0 saturated carbocycles. The lowest BCUT2D eigenvalue weighted by Crippen LogP contribution is -2.57. The van der Waals surface area contributed by atoms with Crippen molar-refractivity contribution in [3.8, 4) is 0 Å². The summed E-state index contributed by atoms with van der Waals surface area (Å²) in [6.07, 6.45) is 0. The van der Waals surface area contributed by atoms with Crippen molar-refractivity contribution >= 4 is 23.6 Å². The number of anilines is 2. The van der Waals surface area contributed by atoms with Crippen LogP contribution in [0.15, 0.2) is 6.07 Å². The van der Waals surface area contributed by atoms with Crippen LogP contribution in [0.3, 0.4) is 0 Å². The molecule has 8 nitrogen and oxygen atoms in total. The van der Waals surface area contributed by atoms with Crippen LogP contribution >= 0.6 is 0 Å². The Kier molecular flexibility index (Phi) is 3.11. The van der Waals surface area contributed by atoms with E-state index >= 15 is 0 Å². The minimum atomic E-state index is -0.470. The fourth-order valence-electron chi connectivity index (χ4n) is 1.76. The lowest BCUT2D eigenvalue weighted by molar-refractivity contribution is -0.132. The van der Waals surface area contributed by atoms with Crippen molar-refractivity contribution in [2.45, 2.75) is 19.9 Å². The maximum absolute atomic E-state index is 11.6. The van der Waals surface area contributed by atoms with Gasteiger partial charge in [0.1, 0.15) is 11.9 Å². The number of nitrogens with one attached hydrogen (secondary N) is 2. The second kappa shape index (κ2) is 4.57. The van der Waals surface area contributed by atoms with Gasteiger partial charge in [-0.15, -0.1) is 0 Å². The Morgan fingerprint density at radius 3 is 2.89 bits per heavy atom. The normalized spacial score (nSPS) is 19.7. The minimum absolute atomic E-state index is 0.0768. The topological polar surface area (TPSA) is 113 Å². The molecule has 1 fully saturated rings. The van der Waals surface area contributed by atoms with Crippen LogP contribution in [0, 0.1) is 6.92 Å². The second-order valence-electron chi connectivity index (χ2n) is 4.05. The van der Waals surface area contributed by atoms with Gasteiger partial charge in [0.2, 0.25) is 17.8 Å². The van der Waals surface area contributed by atoms with E-state index in [9.17, 15) is 9.59 Å². The van der Waals surface area contributed by atoms with Gasteiger partial charge in [-0.25, -0.2) is 10.8 Å². The van der Waals surface area contributed by atoms with Crippen molar-refractivity contribution in [2.75, 3.05) is 16.9 Å². The highest BCUT2D eigenvalue weighted by Gasteiger charge is 2.31. The molecule has 1 unspecified atom stereocenters. The molecular formula is C10H14N6O2. The van der Waals surface area contributed by atoms with Gasteiger partial charge in [0, 0.05) is 11.8 Å². The monoisotopic (exact) mass is 250 g/mol. The number of carbonyl (C=O) groups excluding carboxylic acids is 2. The van der Waals surface area contributed by atoms with E-state index < -0.39 is 6.04 Å². The van der Waals surface area contributed by atoms with Gasteiger partial charge in [-0.1, -0.05) is 0 Å². The number of carbonyl (C=O) groups is 2.